The molecule has 8 bridgehead atoms. The molecular formula is C88H128F9N15. The Kier molecular flexibility index (Phi) is 32.3. The maximum absolute atomic E-state index is 19.1. The van der Waals surface area contributed by atoms with E-state index < -0.39 is 74.2 Å². The molecule has 0 saturated heterocycles. The van der Waals surface area contributed by atoms with Crippen molar-refractivity contribution >= 4 is 78.3 Å². The van der Waals surface area contributed by atoms with E-state index in [2.05, 4.69) is 49.4 Å². The summed E-state index contributed by atoms with van der Waals surface area (Å²) in [6, 6.07) is 8.86. The van der Waals surface area contributed by atoms with Gasteiger partial charge in [0.25, 0.3) is 0 Å². The molecule has 4 aromatic carbocycles. The molecule has 1 N–H and O–H groups in total. The summed E-state index contributed by atoms with van der Waals surface area (Å²) in [5, 5.41) is 3.44. The van der Waals surface area contributed by atoms with Gasteiger partial charge < -0.3 is 34.4 Å². The lowest BCUT2D eigenvalue weighted by Crippen LogP contribution is -2.55. The van der Waals surface area contributed by atoms with Crippen LogP contribution in [-0.4, -0.2) is 135 Å². The molecule has 24 heteroatoms. The third kappa shape index (κ3) is 18.8. The van der Waals surface area contributed by atoms with Gasteiger partial charge in [0.1, 0.15) is 11.3 Å². The fourth-order valence-electron chi connectivity index (χ4n) is 15.6. The van der Waals surface area contributed by atoms with Crippen LogP contribution in [0.2, 0.25) is 0 Å². The summed E-state index contributed by atoms with van der Waals surface area (Å²) < 4.78 is 164. The normalized spacial score (nSPS) is 13.2. The van der Waals surface area contributed by atoms with Gasteiger partial charge in [-0.2, -0.15) is 26.3 Å². The zero-order chi connectivity index (χ0) is 81.0. The molecule has 9 rings (SSSR count). The van der Waals surface area contributed by atoms with Gasteiger partial charge in [-0.05, 0) is 95.6 Å². The SMILES string of the molecule is CCCCN(CCCC)c1c(N(CCCC)C(F)CCC)c(N(CCCC)C(F)CCC)c2c3nc4nc(nc5c6ccccc6c(nc6nc(nc([nH]3)c2c1N(CCCC)CCCC)-c1ccccc1-6)n5N(CCCC)C(F)CCC)-c1ccc(N(CCCC)C(F)(F)C(F)(F)CC)c(N(CCCC)C(F)(F)CCC)c1-4. The molecule has 5 heterocycles. The van der Waals surface area contributed by atoms with E-state index in [0.717, 1.165) is 68.9 Å². The number of rotatable bonds is 49. The number of nitrogens with one attached hydrogen (secondary N) is 1. The van der Waals surface area contributed by atoms with Crippen molar-refractivity contribution in [2.24, 2.45) is 0 Å². The highest BCUT2D eigenvalue weighted by molar-refractivity contribution is 6.25. The first-order valence-corrected chi connectivity index (χ1v) is 42.9. The van der Waals surface area contributed by atoms with Crippen LogP contribution in [-0.2, 0) is 0 Å². The summed E-state index contributed by atoms with van der Waals surface area (Å²) in [4.78, 5) is 47.0. The second-order valence-corrected chi connectivity index (χ2v) is 30.5. The molecule has 2 aliphatic rings. The van der Waals surface area contributed by atoms with E-state index in [9.17, 15) is 0 Å². The minimum Gasteiger partial charge on any atom is -0.369 e. The number of H-pyrrole nitrogens is 1. The summed E-state index contributed by atoms with van der Waals surface area (Å²) in [7, 11) is 0. The Morgan fingerprint density at radius 2 is 0.786 bits per heavy atom. The van der Waals surface area contributed by atoms with Gasteiger partial charge in [-0.3, -0.25) is 5.01 Å². The molecule has 3 atom stereocenters. The molecule has 0 aliphatic carbocycles. The van der Waals surface area contributed by atoms with Crippen LogP contribution < -0.4 is 34.4 Å². The van der Waals surface area contributed by atoms with E-state index in [1.165, 1.54) is 12.1 Å². The van der Waals surface area contributed by atoms with Crippen molar-refractivity contribution in [2.45, 2.75) is 307 Å². The molecule has 0 saturated carbocycles. The van der Waals surface area contributed by atoms with Crippen molar-refractivity contribution in [2.75, 3.05) is 93.3 Å². The van der Waals surface area contributed by atoms with Crippen LogP contribution in [0.1, 0.15) is 270 Å². The van der Waals surface area contributed by atoms with Crippen molar-refractivity contribution in [3.05, 3.63) is 60.7 Å². The van der Waals surface area contributed by atoms with Crippen LogP contribution in [0.3, 0.4) is 0 Å². The highest BCUT2D eigenvalue weighted by Crippen LogP contribution is 2.58. The first-order chi connectivity index (χ1) is 54.1. The zero-order valence-electron chi connectivity index (χ0n) is 69.6. The topological polar surface area (TPSA) is 121 Å². The Hall–Kier alpha value is -7.79. The molecule has 0 radical (unpaired) electrons. The van der Waals surface area contributed by atoms with Crippen molar-refractivity contribution in [1.29, 1.82) is 0 Å². The smallest absolute Gasteiger partial charge is 0.369 e. The zero-order valence-corrected chi connectivity index (χ0v) is 69.6. The van der Waals surface area contributed by atoms with Gasteiger partial charge in [0.2, 0.25) is 0 Å². The van der Waals surface area contributed by atoms with E-state index >= 15 is 39.5 Å². The van der Waals surface area contributed by atoms with Crippen LogP contribution in [0.25, 0.3) is 89.7 Å². The molecule has 2 aliphatic heterocycles. The molecule has 0 spiro atoms. The predicted octanol–water partition coefficient (Wildman–Crippen LogP) is 25.6. The minimum atomic E-state index is -4.97. The first-order valence-electron chi connectivity index (χ1n) is 42.9. The lowest BCUT2D eigenvalue weighted by Gasteiger charge is -2.42. The first kappa shape index (κ1) is 88.2. The number of unbranched alkanes of at least 4 members (excludes halogenated alkanes) is 9. The summed E-state index contributed by atoms with van der Waals surface area (Å²) in [6.07, 6.45) is 5.18. The van der Waals surface area contributed by atoms with E-state index in [1.54, 1.807) is 28.4 Å². The number of hydrogen-bond donors (Lipinski definition) is 1. The van der Waals surface area contributed by atoms with E-state index in [4.69, 9.17) is 29.9 Å². The largest absolute Gasteiger partial charge is 0.388 e. The number of hydrogen-bond acceptors (Lipinski definition) is 13. The Balaban J connectivity index is 1.79. The van der Waals surface area contributed by atoms with Crippen LogP contribution in [0.15, 0.2) is 60.7 Å². The maximum atomic E-state index is 19.1. The standard InChI is InChI=1S/C88H128F9N15/c1-15-29-52-105(53-30-16-2)74-71-72(75(107(56-33-19-5)67(89)42-24-10)77(108(57-34-20-6)68(90)43-25-11)76(74)106(54-31-17-3)55-32-18-4)83-101-81-70-65(49-50-66(73(70)110(59-36-22-8)87(94,95)51-27-13)109(58-35-21-7)88(96,97)86(92,93)28-14)80(100-81)104-85-64-48-41-40-47-63(64)84(112(85)111(60-37-23-9)69(91)44-26-12)103-79-62-46-39-38-45-61(62)78(98-79)99-82(71)102-83/h38-41,45-50,67-69H,15-37,42-44,51-60H2,1-14H3,(H,98,99,100,101,102,103,104). The highest BCUT2D eigenvalue weighted by Gasteiger charge is 2.60. The minimum absolute atomic E-state index is 0.00749. The average molecular weight is 1570 g/mol. The van der Waals surface area contributed by atoms with E-state index in [-0.39, 0.29) is 122 Å². The molecule has 0 fully saturated rings. The van der Waals surface area contributed by atoms with Gasteiger partial charge in [-0.25, -0.2) is 47.8 Å². The molecule has 618 valence electrons. The predicted molar refractivity (Wildman–Crippen MR) is 450 cm³/mol. The highest BCUT2D eigenvalue weighted by atomic mass is 19.3. The van der Waals surface area contributed by atoms with Crippen molar-refractivity contribution in [3.63, 3.8) is 0 Å². The quantitative estimate of drug-likeness (QED) is 0.0288. The summed E-state index contributed by atoms with van der Waals surface area (Å²) >= 11 is 0. The van der Waals surface area contributed by atoms with Crippen molar-refractivity contribution in [1.82, 2.24) is 39.6 Å². The number of aromatic nitrogens is 8. The number of anilines is 6. The number of halogens is 9. The van der Waals surface area contributed by atoms with Crippen LogP contribution >= 0.6 is 0 Å². The maximum Gasteiger partial charge on any atom is 0.388 e. The van der Waals surface area contributed by atoms with Gasteiger partial charge in [-0.1, -0.05) is 223 Å². The average Bonchev–Trinajstić information content (AvgIpc) is 1.50. The second kappa shape index (κ2) is 41.0. The second-order valence-electron chi connectivity index (χ2n) is 30.5. The molecule has 0 amide bonds. The van der Waals surface area contributed by atoms with Crippen LogP contribution in [0.5, 0.6) is 0 Å². The summed E-state index contributed by atoms with van der Waals surface area (Å²) in [5.41, 5.74) is 2.73. The number of alkyl halides is 9. The number of benzene rings is 4. The molecule has 15 nitrogen and oxygen atoms in total. The van der Waals surface area contributed by atoms with Crippen molar-refractivity contribution < 1.29 is 39.5 Å². The molecular weight excluding hydrogens is 1440 g/mol. The Morgan fingerprint density at radius 3 is 1.28 bits per heavy atom. The molecule has 3 unspecified atom stereocenters. The van der Waals surface area contributed by atoms with E-state index in [1.807, 2.05) is 95.0 Å². The van der Waals surface area contributed by atoms with Gasteiger partial charge in [0, 0.05) is 99.2 Å². The Morgan fingerprint density at radius 1 is 0.375 bits per heavy atom. The van der Waals surface area contributed by atoms with Gasteiger partial charge in [-0.15, -0.1) is 0 Å². The molecule has 3 aromatic heterocycles. The van der Waals surface area contributed by atoms with Crippen molar-refractivity contribution in [3.8, 4) is 45.6 Å². The monoisotopic (exact) mass is 1570 g/mol. The molecule has 112 heavy (non-hydrogen) atoms. The third-order valence-corrected chi connectivity index (χ3v) is 21.8. The van der Waals surface area contributed by atoms with Gasteiger partial charge in [0.05, 0.1) is 50.5 Å². The fourth-order valence-corrected chi connectivity index (χ4v) is 15.6. The number of aromatic amines is 1. The third-order valence-electron chi connectivity index (χ3n) is 21.8. The number of nitrogens with zero attached hydrogens (tertiary/aromatic N) is 14. The number of fused-ring (bicyclic) bond motifs is 20. The lowest BCUT2D eigenvalue weighted by atomic mass is 9.98. The fraction of sp³-hybridized carbons (Fsp3) is 0.636. The Bertz CT molecular complexity index is 4320. The summed E-state index contributed by atoms with van der Waals surface area (Å²) in [6.45, 7) is 28.3. The Labute approximate surface area is 661 Å². The van der Waals surface area contributed by atoms with Gasteiger partial charge >= 0.3 is 18.0 Å². The lowest BCUT2D eigenvalue weighted by molar-refractivity contribution is -0.209. The van der Waals surface area contributed by atoms with E-state index in [0.29, 0.717) is 145 Å². The van der Waals surface area contributed by atoms with Crippen LogP contribution in [0, 0.1) is 0 Å². The van der Waals surface area contributed by atoms with Gasteiger partial charge in [0.15, 0.2) is 53.5 Å². The van der Waals surface area contributed by atoms with Crippen LogP contribution in [0.4, 0.5) is 73.6 Å². The molecule has 7 aromatic rings. The summed E-state index contributed by atoms with van der Waals surface area (Å²) in [5.74, 6) is -4.68.